The Bertz CT molecular complexity index is 1350. The third-order valence-corrected chi connectivity index (χ3v) is 4.90. The molecule has 3 aromatic heterocycles. The predicted molar refractivity (Wildman–Crippen MR) is 116 cm³/mol. The number of pyridine rings is 1. The van der Waals surface area contributed by atoms with Crippen LogP contribution in [0.4, 0.5) is 5.95 Å². The average Bonchev–Trinajstić information content (AvgIpc) is 3.11. The van der Waals surface area contributed by atoms with Crippen LogP contribution in [0.15, 0.2) is 63.4 Å². The van der Waals surface area contributed by atoms with Gasteiger partial charge in [0.25, 0.3) is 5.56 Å². The zero-order valence-corrected chi connectivity index (χ0v) is 17.0. The molecular formula is C20H18ClN7O2. The second-order valence-electron chi connectivity index (χ2n) is 6.65. The molecule has 10 heteroatoms. The smallest absolute Gasteiger partial charge is 0.298 e. The van der Waals surface area contributed by atoms with Crippen molar-refractivity contribution >= 4 is 34.9 Å². The van der Waals surface area contributed by atoms with E-state index < -0.39 is 11.2 Å². The Hall–Kier alpha value is -3.72. The molecule has 1 N–H and O–H groups in total. The second kappa shape index (κ2) is 7.96. The van der Waals surface area contributed by atoms with Crippen LogP contribution in [0.2, 0.25) is 5.02 Å². The summed E-state index contributed by atoms with van der Waals surface area (Å²) in [5, 5.41) is 4.81. The number of halogens is 1. The molecular weight excluding hydrogens is 406 g/mol. The van der Waals surface area contributed by atoms with Crippen molar-refractivity contribution in [2.45, 2.75) is 6.54 Å². The number of rotatable bonds is 5. The van der Waals surface area contributed by atoms with Gasteiger partial charge in [0.2, 0.25) is 5.95 Å². The van der Waals surface area contributed by atoms with Crippen LogP contribution in [0, 0.1) is 0 Å². The number of anilines is 1. The van der Waals surface area contributed by atoms with Crippen molar-refractivity contribution in [2.24, 2.45) is 19.2 Å². The van der Waals surface area contributed by atoms with E-state index >= 15 is 0 Å². The van der Waals surface area contributed by atoms with Crippen LogP contribution in [0.1, 0.15) is 11.3 Å². The number of nitrogens with zero attached hydrogens (tertiary/aromatic N) is 6. The highest BCUT2D eigenvalue weighted by Crippen LogP contribution is 2.19. The van der Waals surface area contributed by atoms with Crippen LogP contribution < -0.4 is 16.7 Å². The number of nitrogens with one attached hydrogen (secondary N) is 1. The van der Waals surface area contributed by atoms with Crippen molar-refractivity contribution in [1.82, 2.24) is 23.7 Å². The lowest BCUT2D eigenvalue weighted by Crippen LogP contribution is -2.37. The number of imidazole rings is 1. The number of hydrogen-bond acceptors (Lipinski definition) is 6. The van der Waals surface area contributed by atoms with Gasteiger partial charge in [-0.25, -0.2) is 10.2 Å². The molecule has 0 fully saturated rings. The van der Waals surface area contributed by atoms with Gasteiger partial charge in [-0.2, -0.15) is 10.1 Å². The normalized spacial score (nSPS) is 11.4. The molecule has 0 amide bonds. The lowest BCUT2D eigenvalue weighted by atomic mass is 10.2. The van der Waals surface area contributed by atoms with Gasteiger partial charge in [0, 0.05) is 25.3 Å². The van der Waals surface area contributed by atoms with Gasteiger partial charge >= 0.3 is 5.69 Å². The van der Waals surface area contributed by atoms with Crippen molar-refractivity contribution in [3.63, 3.8) is 0 Å². The quantitative estimate of drug-likeness (QED) is 0.391. The third kappa shape index (κ3) is 3.62. The molecule has 0 saturated heterocycles. The molecule has 0 aliphatic rings. The van der Waals surface area contributed by atoms with Crippen molar-refractivity contribution < 1.29 is 0 Å². The summed E-state index contributed by atoms with van der Waals surface area (Å²) >= 11 is 5.98. The third-order valence-electron chi connectivity index (χ3n) is 4.65. The van der Waals surface area contributed by atoms with Crippen LogP contribution in [-0.2, 0) is 20.6 Å². The van der Waals surface area contributed by atoms with E-state index in [0.29, 0.717) is 28.7 Å². The van der Waals surface area contributed by atoms with E-state index in [1.165, 1.54) is 11.6 Å². The molecule has 4 rings (SSSR count). The van der Waals surface area contributed by atoms with Crippen molar-refractivity contribution in [3.05, 3.63) is 85.8 Å². The van der Waals surface area contributed by atoms with Gasteiger partial charge in [0.1, 0.15) is 0 Å². The first-order valence-corrected chi connectivity index (χ1v) is 9.44. The molecule has 3 heterocycles. The summed E-state index contributed by atoms with van der Waals surface area (Å²) in [4.78, 5) is 33.8. The monoisotopic (exact) mass is 423 g/mol. The highest BCUT2D eigenvalue weighted by Gasteiger charge is 2.19. The fraction of sp³-hybridized carbons (Fsp3) is 0.150. The maximum absolute atomic E-state index is 12.9. The summed E-state index contributed by atoms with van der Waals surface area (Å²) in [5.74, 6) is 0.324. The Morgan fingerprint density at radius 1 is 1.10 bits per heavy atom. The van der Waals surface area contributed by atoms with Gasteiger partial charge < -0.3 is 0 Å². The number of hydrogen-bond donors (Lipinski definition) is 1. The number of hydrazone groups is 1. The topological polar surface area (TPSA) is 99.1 Å². The Morgan fingerprint density at radius 2 is 1.87 bits per heavy atom. The van der Waals surface area contributed by atoms with Crippen LogP contribution >= 0.6 is 11.6 Å². The van der Waals surface area contributed by atoms with Crippen LogP contribution in [0.25, 0.3) is 11.2 Å². The summed E-state index contributed by atoms with van der Waals surface area (Å²) in [5.41, 5.74) is 4.12. The highest BCUT2D eigenvalue weighted by atomic mass is 35.5. The molecule has 0 bridgehead atoms. The predicted octanol–water partition coefficient (Wildman–Crippen LogP) is 1.98. The van der Waals surface area contributed by atoms with E-state index in [0.717, 1.165) is 10.1 Å². The van der Waals surface area contributed by atoms with E-state index in [4.69, 9.17) is 11.6 Å². The minimum atomic E-state index is -0.452. The molecule has 9 nitrogen and oxygen atoms in total. The van der Waals surface area contributed by atoms with Crippen LogP contribution in [0.5, 0.6) is 0 Å². The van der Waals surface area contributed by atoms with Gasteiger partial charge in [0.05, 0.1) is 18.5 Å². The first-order valence-electron chi connectivity index (χ1n) is 9.06. The number of benzene rings is 1. The Morgan fingerprint density at radius 3 is 2.57 bits per heavy atom. The van der Waals surface area contributed by atoms with E-state index in [1.54, 1.807) is 42.2 Å². The van der Waals surface area contributed by atoms with Gasteiger partial charge in [-0.15, -0.1) is 0 Å². The van der Waals surface area contributed by atoms with E-state index in [-0.39, 0.29) is 5.65 Å². The van der Waals surface area contributed by atoms with Crippen LogP contribution in [-0.4, -0.2) is 29.9 Å². The molecule has 4 aromatic rings. The molecule has 30 heavy (non-hydrogen) atoms. The standard InChI is InChI=1S/C20H18ClN7O2/c1-26-17-16(18(29)27(2)20(26)30)28(12-13-6-8-14(21)9-7-13)19(24-17)25-23-11-15-5-3-4-10-22-15/h3-11H,12H2,1-2H3,(H,24,25). The molecule has 0 spiro atoms. The fourth-order valence-electron chi connectivity index (χ4n) is 3.07. The maximum atomic E-state index is 12.9. The summed E-state index contributed by atoms with van der Waals surface area (Å²) in [7, 11) is 3.01. The summed E-state index contributed by atoms with van der Waals surface area (Å²) in [6, 6.07) is 12.7. The lowest BCUT2D eigenvalue weighted by Gasteiger charge is -2.09. The first-order chi connectivity index (χ1) is 14.5. The Balaban J connectivity index is 1.83. The van der Waals surface area contributed by atoms with E-state index in [2.05, 4.69) is 20.5 Å². The zero-order chi connectivity index (χ0) is 21.3. The minimum Gasteiger partial charge on any atom is -0.298 e. The molecule has 0 saturated carbocycles. The summed E-state index contributed by atoms with van der Waals surface area (Å²) in [6.07, 6.45) is 3.21. The zero-order valence-electron chi connectivity index (χ0n) is 16.3. The number of aromatic nitrogens is 5. The maximum Gasteiger partial charge on any atom is 0.332 e. The fourth-order valence-corrected chi connectivity index (χ4v) is 3.19. The van der Waals surface area contributed by atoms with Gasteiger partial charge in [-0.1, -0.05) is 29.8 Å². The van der Waals surface area contributed by atoms with Gasteiger partial charge in [-0.05, 0) is 29.8 Å². The van der Waals surface area contributed by atoms with E-state index in [1.807, 2.05) is 24.3 Å². The van der Waals surface area contributed by atoms with Crippen molar-refractivity contribution in [3.8, 4) is 0 Å². The van der Waals surface area contributed by atoms with Crippen molar-refractivity contribution in [2.75, 3.05) is 5.43 Å². The Labute approximate surface area is 175 Å². The molecule has 0 radical (unpaired) electrons. The molecule has 0 atom stereocenters. The van der Waals surface area contributed by atoms with Gasteiger partial charge in [-0.3, -0.25) is 23.5 Å². The summed E-state index contributed by atoms with van der Waals surface area (Å²) in [6.45, 7) is 0.336. The molecule has 0 aliphatic carbocycles. The van der Waals surface area contributed by atoms with Crippen molar-refractivity contribution in [1.29, 1.82) is 0 Å². The Kier molecular flexibility index (Phi) is 5.20. The summed E-state index contributed by atoms with van der Waals surface area (Å²) < 4.78 is 4.09. The number of aryl methyl sites for hydroxylation is 1. The number of fused-ring (bicyclic) bond motifs is 1. The second-order valence-corrected chi connectivity index (χ2v) is 7.09. The average molecular weight is 424 g/mol. The highest BCUT2D eigenvalue weighted by molar-refractivity contribution is 6.30. The first kappa shape index (κ1) is 19.6. The molecule has 0 unspecified atom stereocenters. The van der Waals surface area contributed by atoms with Gasteiger partial charge in [0.15, 0.2) is 11.2 Å². The molecule has 0 aliphatic heterocycles. The molecule has 1 aromatic carbocycles. The van der Waals surface area contributed by atoms with Crippen LogP contribution in [0.3, 0.4) is 0 Å². The minimum absolute atomic E-state index is 0.271. The SMILES string of the molecule is Cn1c(=O)c2c(nc(NN=Cc3ccccn3)n2Cc2ccc(Cl)cc2)n(C)c1=O. The largest absolute Gasteiger partial charge is 0.332 e. The van der Waals surface area contributed by atoms with E-state index in [9.17, 15) is 9.59 Å². The molecule has 152 valence electrons. The lowest BCUT2D eigenvalue weighted by molar-refractivity contribution is 0.702.